The van der Waals surface area contributed by atoms with Gasteiger partial charge in [0.1, 0.15) is 6.07 Å². The van der Waals surface area contributed by atoms with Crippen molar-refractivity contribution in [2.45, 2.75) is 25.8 Å². The van der Waals surface area contributed by atoms with Crippen molar-refractivity contribution in [1.82, 2.24) is 4.90 Å². The second-order valence-electron chi connectivity index (χ2n) is 5.14. The van der Waals surface area contributed by atoms with Gasteiger partial charge in [-0.3, -0.25) is 0 Å². The second kappa shape index (κ2) is 6.27. The summed E-state index contributed by atoms with van der Waals surface area (Å²) in [6, 6.07) is 8.25. The summed E-state index contributed by atoms with van der Waals surface area (Å²) in [4.78, 5) is 4.72. The molecule has 102 valence electrons. The van der Waals surface area contributed by atoms with Gasteiger partial charge in [0.05, 0.1) is 11.3 Å². The molecule has 1 unspecified atom stereocenters. The summed E-state index contributed by atoms with van der Waals surface area (Å²) >= 11 is 6.11. The maximum Gasteiger partial charge on any atom is 0.101 e. The number of halogens is 1. The lowest BCUT2D eigenvalue weighted by molar-refractivity contribution is 0.328. The number of hydrogen-bond acceptors (Lipinski definition) is 3. The van der Waals surface area contributed by atoms with Crippen LogP contribution in [0.15, 0.2) is 18.2 Å². The lowest BCUT2D eigenvalue weighted by atomic mass is 10.1. The molecule has 0 aliphatic carbocycles. The molecule has 0 bridgehead atoms. The first-order valence-corrected chi connectivity index (χ1v) is 7.18. The zero-order valence-electron chi connectivity index (χ0n) is 11.6. The smallest absolute Gasteiger partial charge is 0.101 e. The molecule has 4 heteroatoms. The fourth-order valence-corrected chi connectivity index (χ4v) is 2.91. The Kier molecular flexibility index (Phi) is 4.68. The molecule has 19 heavy (non-hydrogen) atoms. The highest BCUT2D eigenvalue weighted by atomic mass is 35.5. The van der Waals surface area contributed by atoms with Gasteiger partial charge in [-0.15, -0.1) is 0 Å². The molecule has 0 radical (unpaired) electrons. The monoisotopic (exact) mass is 277 g/mol. The zero-order valence-corrected chi connectivity index (χ0v) is 12.3. The molecule has 1 aliphatic rings. The molecule has 0 aromatic heterocycles. The number of rotatable bonds is 2. The first-order chi connectivity index (χ1) is 9.15. The van der Waals surface area contributed by atoms with E-state index in [-0.39, 0.29) is 0 Å². The second-order valence-corrected chi connectivity index (χ2v) is 5.58. The van der Waals surface area contributed by atoms with E-state index in [4.69, 9.17) is 11.6 Å². The fraction of sp³-hybridized carbons (Fsp3) is 0.533. The van der Waals surface area contributed by atoms with E-state index in [2.05, 4.69) is 29.8 Å². The molecule has 0 amide bonds. The summed E-state index contributed by atoms with van der Waals surface area (Å²) in [5, 5.41) is 9.99. The quantitative estimate of drug-likeness (QED) is 0.832. The summed E-state index contributed by atoms with van der Waals surface area (Å²) in [5.41, 5.74) is 1.70. The van der Waals surface area contributed by atoms with Gasteiger partial charge in [0.25, 0.3) is 0 Å². The van der Waals surface area contributed by atoms with Crippen molar-refractivity contribution < 1.29 is 0 Å². The lowest BCUT2D eigenvalue weighted by Crippen LogP contribution is -2.40. The van der Waals surface area contributed by atoms with Gasteiger partial charge >= 0.3 is 0 Å². The van der Waals surface area contributed by atoms with Crippen LogP contribution in [-0.4, -0.2) is 37.6 Å². The minimum absolute atomic E-state index is 0.443. The third-order valence-electron chi connectivity index (χ3n) is 3.76. The number of likely N-dealkylation sites (N-methyl/N-ethyl adjacent to an activating group) is 1. The summed E-state index contributed by atoms with van der Waals surface area (Å²) in [6.07, 6.45) is 2.19. The van der Waals surface area contributed by atoms with Gasteiger partial charge in [0.2, 0.25) is 0 Å². The Balaban J connectivity index is 2.37. The van der Waals surface area contributed by atoms with Crippen LogP contribution in [0.5, 0.6) is 0 Å². The van der Waals surface area contributed by atoms with Crippen LogP contribution in [0.3, 0.4) is 0 Å². The predicted octanol–water partition coefficient (Wildman–Crippen LogP) is 3.13. The number of nitrogens with zero attached hydrogens (tertiary/aromatic N) is 3. The van der Waals surface area contributed by atoms with Crippen LogP contribution in [0.2, 0.25) is 5.02 Å². The predicted molar refractivity (Wildman–Crippen MR) is 79.7 cm³/mol. The first kappa shape index (κ1) is 14.2. The molecule has 2 rings (SSSR count). The number of anilines is 1. The van der Waals surface area contributed by atoms with Gasteiger partial charge in [-0.1, -0.05) is 18.5 Å². The highest BCUT2D eigenvalue weighted by Gasteiger charge is 2.24. The van der Waals surface area contributed by atoms with Gasteiger partial charge in [-0.05, 0) is 44.6 Å². The van der Waals surface area contributed by atoms with Crippen molar-refractivity contribution in [3.8, 4) is 6.07 Å². The van der Waals surface area contributed by atoms with Crippen molar-refractivity contribution in [3.63, 3.8) is 0 Å². The molecule has 1 heterocycles. The van der Waals surface area contributed by atoms with E-state index in [1.807, 2.05) is 12.1 Å². The minimum atomic E-state index is 0.443. The Morgan fingerprint density at radius 3 is 2.89 bits per heavy atom. The van der Waals surface area contributed by atoms with E-state index in [0.717, 1.165) is 38.2 Å². The molecule has 1 aromatic carbocycles. The number of hydrogen-bond donors (Lipinski definition) is 0. The van der Waals surface area contributed by atoms with Gasteiger partial charge in [-0.2, -0.15) is 5.26 Å². The molecule has 1 atom stereocenters. The molecular formula is C15H20ClN3. The van der Waals surface area contributed by atoms with Crippen LogP contribution in [0.1, 0.15) is 25.3 Å². The van der Waals surface area contributed by atoms with Crippen LogP contribution in [0.4, 0.5) is 5.69 Å². The van der Waals surface area contributed by atoms with Crippen molar-refractivity contribution in [3.05, 3.63) is 28.8 Å². The maximum atomic E-state index is 9.29. The normalized spacial score (nSPS) is 20.9. The van der Waals surface area contributed by atoms with Crippen LogP contribution >= 0.6 is 11.6 Å². The Bertz CT molecular complexity index is 481. The fourth-order valence-electron chi connectivity index (χ4n) is 2.75. The number of benzene rings is 1. The molecule has 1 aliphatic heterocycles. The van der Waals surface area contributed by atoms with Crippen LogP contribution in [-0.2, 0) is 0 Å². The van der Waals surface area contributed by atoms with Crippen LogP contribution in [0, 0.1) is 11.3 Å². The average Bonchev–Trinajstić information content (AvgIpc) is 2.60. The molecular weight excluding hydrogens is 258 g/mol. The molecule has 0 N–H and O–H groups in total. The third kappa shape index (κ3) is 3.20. The van der Waals surface area contributed by atoms with Gasteiger partial charge in [0.15, 0.2) is 0 Å². The summed E-state index contributed by atoms with van der Waals surface area (Å²) in [5.74, 6) is 0. The minimum Gasteiger partial charge on any atom is -0.366 e. The maximum absolute atomic E-state index is 9.29. The standard InChI is InChI=1S/C15H20ClN3/c1-3-14-11-18(2)7-4-8-19(14)15-9-13(16)6-5-12(15)10-17/h5-6,9,14H,3-4,7-8,11H2,1-2H3. The van der Waals surface area contributed by atoms with E-state index in [1.54, 1.807) is 6.07 Å². The molecule has 0 spiro atoms. The van der Waals surface area contributed by atoms with Gasteiger partial charge < -0.3 is 9.80 Å². The first-order valence-electron chi connectivity index (χ1n) is 6.80. The summed E-state index contributed by atoms with van der Waals surface area (Å²) < 4.78 is 0. The van der Waals surface area contributed by atoms with Crippen molar-refractivity contribution >= 4 is 17.3 Å². The van der Waals surface area contributed by atoms with E-state index in [9.17, 15) is 5.26 Å². The third-order valence-corrected chi connectivity index (χ3v) is 4.00. The average molecular weight is 278 g/mol. The van der Waals surface area contributed by atoms with Gasteiger partial charge in [-0.25, -0.2) is 0 Å². The van der Waals surface area contributed by atoms with E-state index < -0.39 is 0 Å². The van der Waals surface area contributed by atoms with Crippen molar-refractivity contribution in [2.24, 2.45) is 0 Å². The Labute approximate surface area is 120 Å². The molecule has 0 saturated carbocycles. The summed E-state index contributed by atoms with van der Waals surface area (Å²) in [6.45, 7) is 5.33. The number of nitriles is 1. The Morgan fingerprint density at radius 2 is 2.21 bits per heavy atom. The van der Waals surface area contributed by atoms with E-state index >= 15 is 0 Å². The van der Waals surface area contributed by atoms with Crippen molar-refractivity contribution in [1.29, 1.82) is 5.26 Å². The highest BCUT2D eigenvalue weighted by Crippen LogP contribution is 2.28. The zero-order chi connectivity index (χ0) is 13.8. The van der Waals surface area contributed by atoms with Crippen LogP contribution < -0.4 is 4.90 Å². The van der Waals surface area contributed by atoms with Crippen LogP contribution in [0.25, 0.3) is 0 Å². The van der Waals surface area contributed by atoms with E-state index in [0.29, 0.717) is 16.6 Å². The van der Waals surface area contributed by atoms with E-state index in [1.165, 1.54) is 0 Å². The Morgan fingerprint density at radius 1 is 1.42 bits per heavy atom. The van der Waals surface area contributed by atoms with Crippen molar-refractivity contribution in [2.75, 3.05) is 31.6 Å². The molecule has 1 saturated heterocycles. The Hall–Kier alpha value is -1.24. The topological polar surface area (TPSA) is 30.3 Å². The molecule has 3 nitrogen and oxygen atoms in total. The SMILES string of the molecule is CCC1CN(C)CCCN1c1cc(Cl)ccc1C#N. The molecule has 1 fully saturated rings. The lowest BCUT2D eigenvalue weighted by Gasteiger charge is -2.33. The molecule has 1 aromatic rings. The highest BCUT2D eigenvalue weighted by molar-refractivity contribution is 6.30. The largest absolute Gasteiger partial charge is 0.366 e. The summed E-state index contributed by atoms with van der Waals surface area (Å²) in [7, 11) is 2.16. The van der Waals surface area contributed by atoms with Gasteiger partial charge in [0, 0.05) is 24.2 Å².